The van der Waals surface area contributed by atoms with E-state index in [1.807, 2.05) is 6.92 Å². The molecular weight excluding hydrogens is 194 g/mol. The molecule has 1 heterocycles. The number of aliphatic hydroxyl groups excluding tert-OH is 1. The average molecular weight is 209 g/mol. The highest BCUT2D eigenvalue weighted by Gasteiger charge is 2.08. The van der Waals surface area contributed by atoms with E-state index in [-0.39, 0.29) is 18.7 Å². The Morgan fingerprint density at radius 3 is 3.00 bits per heavy atom. The molecule has 0 aliphatic carbocycles. The van der Waals surface area contributed by atoms with Gasteiger partial charge in [-0.3, -0.25) is 4.98 Å². The minimum Gasteiger partial charge on any atom is -0.394 e. The van der Waals surface area contributed by atoms with E-state index in [1.165, 1.54) is 0 Å². The van der Waals surface area contributed by atoms with E-state index < -0.39 is 0 Å². The third-order valence-electron chi connectivity index (χ3n) is 1.97. The number of aliphatic hydroxyl groups is 1. The third-order valence-corrected chi connectivity index (χ3v) is 1.97. The number of carbonyl (C=O) groups excluding carboxylic acids is 1. The molecule has 82 valence electrons. The van der Waals surface area contributed by atoms with Crippen LogP contribution < -0.4 is 10.6 Å². The standard InChI is InChI=1S/C10H15N3O2/c1-2-8(7-14)12-10(15)13-9-4-3-5-11-6-9/h3-6,8,14H,2,7H2,1H3,(H2,12,13,15)/t8-/m1/s1. The van der Waals surface area contributed by atoms with Gasteiger partial charge in [0.05, 0.1) is 24.5 Å². The number of nitrogens with zero attached hydrogens (tertiary/aromatic N) is 1. The highest BCUT2D eigenvalue weighted by molar-refractivity contribution is 5.89. The third kappa shape index (κ3) is 3.95. The molecule has 0 aliphatic rings. The second kappa shape index (κ2) is 5.98. The van der Waals surface area contributed by atoms with Crippen molar-refractivity contribution in [3.05, 3.63) is 24.5 Å². The zero-order valence-electron chi connectivity index (χ0n) is 8.60. The first kappa shape index (κ1) is 11.5. The zero-order valence-corrected chi connectivity index (χ0v) is 8.60. The maximum Gasteiger partial charge on any atom is 0.319 e. The van der Waals surface area contributed by atoms with Crippen LogP contribution in [0.5, 0.6) is 0 Å². The Morgan fingerprint density at radius 2 is 2.47 bits per heavy atom. The molecular formula is C10H15N3O2. The van der Waals surface area contributed by atoms with Gasteiger partial charge in [0, 0.05) is 6.20 Å². The Morgan fingerprint density at radius 1 is 1.67 bits per heavy atom. The van der Waals surface area contributed by atoms with Crippen LogP contribution in [0, 0.1) is 0 Å². The van der Waals surface area contributed by atoms with Crippen LogP contribution in [0.25, 0.3) is 0 Å². The highest BCUT2D eigenvalue weighted by atomic mass is 16.3. The lowest BCUT2D eigenvalue weighted by Gasteiger charge is -2.14. The molecule has 15 heavy (non-hydrogen) atoms. The Balaban J connectivity index is 2.43. The summed E-state index contributed by atoms with van der Waals surface area (Å²) >= 11 is 0. The molecule has 3 N–H and O–H groups in total. The van der Waals surface area contributed by atoms with Gasteiger partial charge in [0.15, 0.2) is 0 Å². The van der Waals surface area contributed by atoms with Gasteiger partial charge in [0.25, 0.3) is 0 Å². The van der Waals surface area contributed by atoms with Gasteiger partial charge in [-0.25, -0.2) is 4.79 Å². The topological polar surface area (TPSA) is 74.2 Å². The van der Waals surface area contributed by atoms with Gasteiger partial charge in [0.2, 0.25) is 0 Å². The number of anilines is 1. The maximum absolute atomic E-state index is 11.4. The van der Waals surface area contributed by atoms with Gasteiger partial charge in [-0.15, -0.1) is 0 Å². The Labute approximate surface area is 88.5 Å². The van der Waals surface area contributed by atoms with Crippen molar-refractivity contribution in [3.63, 3.8) is 0 Å². The fourth-order valence-electron chi connectivity index (χ4n) is 1.07. The first-order chi connectivity index (χ1) is 7.26. The molecule has 1 aromatic heterocycles. The summed E-state index contributed by atoms with van der Waals surface area (Å²) in [6.07, 6.45) is 3.88. The molecule has 0 saturated heterocycles. The molecule has 0 radical (unpaired) electrons. The maximum atomic E-state index is 11.4. The van der Waals surface area contributed by atoms with Crippen molar-refractivity contribution >= 4 is 11.7 Å². The molecule has 0 aromatic carbocycles. The lowest BCUT2D eigenvalue weighted by molar-refractivity contribution is 0.222. The molecule has 2 amide bonds. The first-order valence-electron chi connectivity index (χ1n) is 4.84. The second-order valence-electron chi connectivity index (χ2n) is 3.13. The van der Waals surface area contributed by atoms with E-state index in [1.54, 1.807) is 24.5 Å². The van der Waals surface area contributed by atoms with Crippen LogP contribution in [0.15, 0.2) is 24.5 Å². The van der Waals surface area contributed by atoms with E-state index in [2.05, 4.69) is 15.6 Å². The number of amides is 2. The second-order valence-corrected chi connectivity index (χ2v) is 3.13. The quantitative estimate of drug-likeness (QED) is 0.691. The van der Waals surface area contributed by atoms with Crippen molar-refractivity contribution < 1.29 is 9.90 Å². The number of urea groups is 1. The van der Waals surface area contributed by atoms with Gasteiger partial charge in [-0.2, -0.15) is 0 Å². The van der Waals surface area contributed by atoms with Gasteiger partial charge in [-0.1, -0.05) is 6.92 Å². The highest BCUT2D eigenvalue weighted by Crippen LogP contribution is 2.02. The molecule has 0 bridgehead atoms. The molecule has 0 fully saturated rings. The summed E-state index contributed by atoms with van der Waals surface area (Å²) in [6, 6.07) is 2.94. The number of carbonyl (C=O) groups is 1. The van der Waals surface area contributed by atoms with E-state index in [0.717, 1.165) is 0 Å². The number of pyridine rings is 1. The van der Waals surface area contributed by atoms with Crippen molar-refractivity contribution in [2.24, 2.45) is 0 Å². The van der Waals surface area contributed by atoms with Crippen molar-refractivity contribution in [1.82, 2.24) is 10.3 Å². The summed E-state index contributed by atoms with van der Waals surface area (Å²) in [5.74, 6) is 0. The molecule has 5 heteroatoms. The van der Waals surface area contributed by atoms with E-state index in [0.29, 0.717) is 12.1 Å². The van der Waals surface area contributed by atoms with Gasteiger partial charge in [-0.05, 0) is 18.6 Å². The Hall–Kier alpha value is -1.62. The average Bonchev–Trinajstić information content (AvgIpc) is 2.27. The molecule has 1 aromatic rings. The normalized spacial score (nSPS) is 11.9. The molecule has 0 aliphatic heterocycles. The Bertz CT molecular complexity index is 299. The minimum absolute atomic E-state index is 0.0586. The molecule has 1 atom stereocenters. The SMILES string of the molecule is CC[C@H](CO)NC(=O)Nc1cccnc1. The fourth-order valence-corrected chi connectivity index (χ4v) is 1.07. The van der Waals surface area contributed by atoms with Crippen LogP contribution in [0.2, 0.25) is 0 Å². The van der Waals surface area contributed by atoms with Crippen LogP contribution >= 0.6 is 0 Å². The molecule has 0 spiro atoms. The van der Waals surface area contributed by atoms with Crippen molar-refractivity contribution in [2.75, 3.05) is 11.9 Å². The Kier molecular flexibility index (Phi) is 4.56. The van der Waals surface area contributed by atoms with E-state index in [9.17, 15) is 4.79 Å². The fraction of sp³-hybridized carbons (Fsp3) is 0.400. The molecule has 0 unspecified atom stereocenters. The summed E-state index contributed by atoms with van der Waals surface area (Å²) < 4.78 is 0. The summed E-state index contributed by atoms with van der Waals surface area (Å²) in [4.78, 5) is 15.2. The van der Waals surface area contributed by atoms with Crippen molar-refractivity contribution in [3.8, 4) is 0 Å². The number of hydrogen-bond donors (Lipinski definition) is 3. The summed E-state index contributed by atoms with van der Waals surface area (Å²) in [5, 5.41) is 14.1. The summed E-state index contributed by atoms with van der Waals surface area (Å²) in [5.41, 5.74) is 0.628. The largest absolute Gasteiger partial charge is 0.394 e. The van der Waals surface area contributed by atoms with Gasteiger partial charge >= 0.3 is 6.03 Å². The number of nitrogens with one attached hydrogen (secondary N) is 2. The smallest absolute Gasteiger partial charge is 0.319 e. The van der Waals surface area contributed by atoms with Crippen LogP contribution in [0.4, 0.5) is 10.5 Å². The van der Waals surface area contributed by atoms with E-state index >= 15 is 0 Å². The van der Waals surface area contributed by atoms with Crippen LogP contribution in [-0.4, -0.2) is 28.8 Å². The van der Waals surface area contributed by atoms with Crippen molar-refractivity contribution in [2.45, 2.75) is 19.4 Å². The summed E-state index contributed by atoms with van der Waals surface area (Å²) in [7, 11) is 0. The predicted molar refractivity (Wildman–Crippen MR) is 57.6 cm³/mol. The lowest BCUT2D eigenvalue weighted by atomic mass is 10.2. The first-order valence-corrected chi connectivity index (χ1v) is 4.84. The molecule has 1 rings (SSSR count). The number of hydrogen-bond acceptors (Lipinski definition) is 3. The van der Waals surface area contributed by atoms with Crippen LogP contribution in [0.3, 0.4) is 0 Å². The van der Waals surface area contributed by atoms with Gasteiger partial charge in [0.1, 0.15) is 0 Å². The molecule has 5 nitrogen and oxygen atoms in total. The van der Waals surface area contributed by atoms with Crippen LogP contribution in [-0.2, 0) is 0 Å². The lowest BCUT2D eigenvalue weighted by Crippen LogP contribution is -2.39. The number of aromatic nitrogens is 1. The molecule has 0 saturated carbocycles. The summed E-state index contributed by atoms with van der Waals surface area (Å²) in [6.45, 7) is 1.84. The van der Waals surface area contributed by atoms with Crippen molar-refractivity contribution in [1.29, 1.82) is 0 Å². The van der Waals surface area contributed by atoms with Crippen LogP contribution in [0.1, 0.15) is 13.3 Å². The monoisotopic (exact) mass is 209 g/mol. The zero-order chi connectivity index (χ0) is 11.1. The van der Waals surface area contributed by atoms with Gasteiger partial charge < -0.3 is 15.7 Å². The predicted octanol–water partition coefficient (Wildman–Crippen LogP) is 0.974. The van der Waals surface area contributed by atoms with E-state index in [4.69, 9.17) is 5.11 Å². The number of rotatable bonds is 4. The minimum atomic E-state index is -0.330.